The molecule has 3 aromatic rings. The number of hydrogen-bond donors (Lipinski definition) is 1. The summed E-state index contributed by atoms with van der Waals surface area (Å²) in [4.78, 5) is 7.98. The Morgan fingerprint density at radius 3 is 2.36 bits per heavy atom. The van der Waals surface area contributed by atoms with Crippen LogP contribution in [0.5, 0.6) is 0 Å². The van der Waals surface area contributed by atoms with Crippen molar-refractivity contribution in [3.05, 3.63) is 74.6 Å². The van der Waals surface area contributed by atoms with Gasteiger partial charge in [0.1, 0.15) is 5.82 Å². The van der Waals surface area contributed by atoms with Crippen LogP contribution in [-0.4, -0.2) is 9.97 Å². The SMILES string of the molecule is Cc1[nH]c(Cc2cc(Cl)ccc2Cl)nc1-c1ccc(Cl)cc1. The highest BCUT2D eigenvalue weighted by Gasteiger charge is 2.11. The average molecular weight is 352 g/mol. The average Bonchev–Trinajstić information content (AvgIpc) is 2.84. The number of halogens is 3. The quantitative estimate of drug-likeness (QED) is 0.622. The molecule has 5 heteroatoms. The fraction of sp³-hybridized carbons (Fsp3) is 0.118. The van der Waals surface area contributed by atoms with E-state index < -0.39 is 0 Å². The normalized spacial score (nSPS) is 10.9. The molecule has 0 radical (unpaired) electrons. The molecule has 2 aromatic carbocycles. The van der Waals surface area contributed by atoms with Crippen molar-refractivity contribution in [3.8, 4) is 11.3 Å². The first kappa shape index (κ1) is 15.4. The molecule has 1 heterocycles. The predicted octanol–water partition coefficient (Wildman–Crippen LogP) is 5.94. The number of rotatable bonds is 3. The number of imidazole rings is 1. The number of hydrogen-bond acceptors (Lipinski definition) is 1. The molecular formula is C17H13Cl3N2. The van der Waals surface area contributed by atoms with Gasteiger partial charge in [0.05, 0.1) is 5.69 Å². The van der Waals surface area contributed by atoms with Gasteiger partial charge < -0.3 is 4.98 Å². The zero-order valence-corrected chi connectivity index (χ0v) is 14.1. The van der Waals surface area contributed by atoms with Gasteiger partial charge in [-0.05, 0) is 42.8 Å². The van der Waals surface area contributed by atoms with Gasteiger partial charge in [0.15, 0.2) is 0 Å². The van der Waals surface area contributed by atoms with Crippen molar-refractivity contribution in [2.45, 2.75) is 13.3 Å². The maximum atomic E-state index is 6.21. The third-order valence-electron chi connectivity index (χ3n) is 3.42. The van der Waals surface area contributed by atoms with Crippen LogP contribution in [0.25, 0.3) is 11.3 Å². The van der Waals surface area contributed by atoms with E-state index in [4.69, 9.17) is 34.8 Å². The second-order valence-electron chi connectivity index (χ2n) is 5.08. The van der Waals surface area contributed by atoms with E-state index in [0.29, 0.717) is 21.5 Å². The second kappa shape index (κ2) is 6.33. The van der Waals surface area contributed by atoms with Crippen molar-refractivity contribution in [2.75, 3.05) is 0 Å². The smallest absolute Gasteiger partial charge is 0.111 e. The van der Waals surface area contributed by atoms with E-state index in [2.05, 4.69) is 9.97 Å². The van der Waals surface area contributed by atoms with E-state index >= 15 is 0 Å². The first-order chi connectivity index (χ1) is 10.5. The lowest BCUT2D eigenvalue weighted by atomic mass is 10.1. The van der Waals surface area contributed by atoms with Crippen molar-refractivity contribution in [3.63, 3.8) is 0 Å². The van der Waals surface area contributed by atoms with Crippen LogP contribution in [0.1, 0.15) is 17.1 Å². The van der Waals surface area contributed by atoms with Crippen LogP contribution in [0.2, 0.25) is 15.1 Å². The molecule has 1 aromatic heterocycles. The Labute approximate surface area is 144 Å². The summed E-state index contributed by atoms with van der Waals surface area (Å²) in [6.45, 7) is 2.00. The fourth-order valence-electron chi connectivity index (χ4n) is 2.35. The zero-order valence-electron chi connectivity index (χ0n) is 11.8. The number of aromatic nitrogens is 2. The van der Waals surface area contributed by atoms with Gasteiger partial charge in [-0.15, -0.1) is 0 Å². The molecule has 1 N–H and O–H groups in total. The highest BCUT2D eigenvalue weighted by atomic mass is 35.5. The molecule has 0 atom stereocenters. The van der Waals surface area contributed by atoms with Gasteiger partial charge >= 0.3 is 0 Å². The van der Waals surface area contributed by atoms with Crippen molar-refractivity contribution < 1.29 is 0 Å². The van der Waals surface area contributed by atoms with Crippen LogP contribution in [0.3, 0.4) is 0 Å². The topological polar surface area (TPSA) is 28.7 Å². The molecule has 0 fully saturated rings. The van der Waals surface area contributed by atoms with Crippen LogP contribution in [0.4, 0.5) is 0 Å². The van der Waals surface area contributed by atoms with Crippen LogP contribution in [0.15, 0.2) is 42.5 Å². The summed E-state index contributed by atoms with van der Waals surface area (Å²) in [6, 6.07) is 13.1. The minimum atomic E-state index is 0.605. The number of nitrogens with zero attached hydrogens (tertiary/aromatic N) is 1. The van der Waals surface area contributed by atoms with E-state index in [9.17, 15) is 0 Å². The number of nitrogens with one attached hydrogen (secondary N) is 1. The van der Waals surface area contributed by atoms with E-state index in [1.165, 1.54) is 0 Å². The molecule has 22 heavy (non-hydrogen) atoms. The molecule has 112 valence electrons. The highest BCUT2D eigenvalue weighted by Crippen LogP contribution is 2.26. The van der Waals surface area contributed by atoms with Gasteiger partial charge in [0.2, 0.25) is 0 Å². The third-order valence-corrected chi connectivity index (χ3v) is 4.27. The van der Waals surface area contributed by atoms with E-state index in [1.807, 2.05) is 37.3 Å². The van der Waals surface area contributed by atoms with Crippen molar-refractivity contribution in [1.29, 1.82) is 0 Å². The first-order valence-electron chi connectivity index (χ1n) is 6.78. The molecule has 2 nitrogen and oxygen atoms in total. The molecule has 0 aliphatic carbocycles. The largest absolute Gasteiger partial charge is 0.345 e. The molecule has 3 rings (SSSR count). The Morgan fingerprint density at radius 2 is 1.64 bits per heavy atom. The molecule has 0 unspecified atom stereocenters. The predicted molar refractivity (Wildman–Crippen MR) is 93.0 cm³/mol. The van der Waals surface area contributed by atoms with Gasteiger partial charge in [-0.2, -0.15) is 0 Å². The van der Waals surface area contributed by atoms with Crippen LogP contribution >= 0.6 is 34.8 Å². The summed E-state index contributed by atoms with van der Waals surface area (Å²) < 4.78 is 0. The number of H-pyrrole nitrogens is 1. The van der Waals surface area contributed by atoms with Gasteiger partial charge in [-0.1, -0.05) is 46.9 Å². The molecule has 0 saturated heterocycles. The third kappa shape index (κ3) is 3.30. The highest BCUT2D eigenvalue weighted by molar-refractivity contribution is 6.33. The monoisotopic (exact) mass is 350 g/mol. The molecule has 0 saturated carbocycles. The van der Waals surface area contributed by atoms with E-state index in [0.717, 1.165) is 28.3 Å². The van der Waals surface area contributed by atoms with Gasteiger partial charge in [0.25, 0.3) is 0 Å². The molecular weight excluding hydrogens is 339 g/mol. The molecule has 0 aliphatic heterocycles. The molecule has 0 amide bonds. The Kier molecular flexibility index (Phi) is 4.44. The first-order valence-corrected chi connectivity index (χ1v) is 7.91. The summed E-state index contributed by atoms with van der Waals surface area (Å²) in [5.74, 6) is 0.853. The lowest BCUT2D eigenvalue weighted by Crippen LogP contribution is -1.92. The van der Waals surface area contributed by atoms with Crippen molar-refractivity contribution in [1.82, 2.24) is 9.97 Å². The fourth-order valence-corrected chi connectivity index (χ4v) is 2.86. The van der Waals surface area contributed by atoms with Crippen molar-refractivity contribution in [2.24, 2.45) is 0 Å². The Morgan fingerprint density at radius 1 is 0.955 bits per heavy atom. The van der Waals surface area contributed by atoms with E-state index in [1.54, 1.807) is 12.1 Å². The number of aryl methyl sites for hydroxylation is 1. The zero-order chi connectivity index (χ0) is 15.7. The minimum Gasteiger partial charge on any atom is -0.345 e. The Balaban J connectivity index is 1.92. The summed E-state index contributed by atoms with van der Waals surface area (Å²) in [5, 5.41) is 2.06. The Bertz CT molecular complexity index is 807. The standard InChI is InChI=1S/C17H13Cl3N2/c1-10-17(11-2-4-13(18)5-3-11)22-16(21-10)9-12-8-14(19)6-7-15(12)20/h2-8H,9H2,1H3,(H,21,22). The second-order valence-corrected chi connectivity index (χ2v) is 6.36. The summed E-state index contributed by atoms with van der Waals surface area (Å²) in [5.41, 5.74) is 3.91. The van der Waals surface area contributed by atoms with Crippen LogP contribution < -0.4 is 0 Å². The summed E-state index contributed by atoms with van der Waals surface area (Å²) >= 11 is 18.2. The maximum absolute atomic E-state index is 6.21. The van der Waals surface area contributed by atoms with Crippen molar-refractivity contribution >= 4 is 34.8 Å². The van der Waals surface area contributed by atoms with Crippen LogP contribution in [0, 0.1) is 6.92 Å². The number of benzene rings is 2. The summed E-state index contributed by atoms with van der Waals surface area (Å²) in [7, 11) is 0. The molecule has 0 bridgehead atoms. The van der Waals surface area contributed by atoms with Crippen LogP contribution in [-0.2, 0) is 6.42 Å². The lowest BCUT2D eigenvalue weighted by Gasteiger charge is -2.02. The minimum absolute atomic E-state index is 0.605. The van der Waals surface area contributed by atoms with Gasteiger partial charge in [-0.25, -0.2) is 4.98 Å². The molecule has 0 spiro atoms. The lowest BCUT2D eigenvalue weighted by molar-refractivity contribution is 1.02. The molecule has 0 aliphatic rings. The number of aromatic amines is 1. The van der Waals surface area contributed by atoms with E-state index in [-0.39, 0.29) is 0 Å². The Hall–Kier alpha value is -1.48. The van der Waals surface area contributed by atoms with Gasteiger partial charge in [-0.3, -0.25) is 0 Å². The van der Waals surface area contributed by atoms with Gasteiger partial charge in [0, 0.05) is 32.7 Å². The summed E-state index contributed by atoms with van der Waals surface area (Å²) in [6.07, 6.45) is 0.605. The maximum Gasteiger partial charge on any atom is 0.111 e.